The summed E-state index contributed by atoms with van der Waals surface area (Å²) in [6.45, 7) is 5.40. The van der Waals surface area contributed by atoms with E-state index in [0.29, 0.717) is 4.90 Å². The molecule has 1 aromatic heterocycles. The van der Waals surface area contributed by atoms with Crippen molar-refractivity contribution < 1.29 is 14.7 Å². The van der Waals surface area contributed by atoms with Gasteiger partial charge in [0, 0.05) is 11.1 Å². The van der Waals surface area contributed by atoms with Crippen molar-refractivity contribution in [2.24, 2.45) is 5.92 Å². The molecular formula is C14H17N3O3S. The first-order valence-corrected chi connectivity index (χ1v) is 7.31. The maximum Gasteiger partial charge on any atom is 0.354 e. The van der Waals surface area contributed by atoms with Gasteiger partial charge in [0.05, 0.1) is 11.8 Å². The van der Waals surface area contributed by atoms with E-state index in [9.17, 15) is 9.59 Å². The lowest BCUT2D eigenvalue weighted by Crippen LogP contribution is -2.49. The fourth-order valence-electron chi connectivity index (χ4n) is 1.39. The predicted molar refractivity (Wildman–Crippen MR) is 78.9 cm³/mol. The van der Waals surface area contributed by atoms with Crippen LogP contribution in [0.2, 0.25) is 0 Å². The summed E-state index contributed by atoms with van der Waals surface area (Å²) in [5, 5.41) is 20.7. The van der Waals surface area contributed by atoms with Gasteiger partial charge in [-0.15, -0.1) is 11.8 Å². The van der Waals surface area contributed by atoms with Crippen LogP contribution < -0.4 is 5.32 Å². The highest BCUT2D eigenvalue weighted by Crippen LogP contribution is 2.19. The number of aromatic nitrogens is 1. The molecule has 2 N–H and O–H groups in total. The second-order valence-electron chi connectivity index (χ2n) is 4.99. The van der Waals surface area contributed by atoms with Crippen LogP contribution in [0.5, 0.6) is 0 Å². The number of carbonyl (C=O) groups is 2. The Labute approximate surface area is 127 Å². The van der Waals surface area contributed by atoms with Crippen LogP contribution in [0.25, 0.3) is 0 Å². The van der Waals surface area contributed by atoms with Crippen molar-refractivity contribution in [3.8, 4) is 6.07 Å². The highest BCUT2D eigenvalue weighted by atomic mass is 32.2. The standard InChI is InChI=1S/C14H17N3O3S/c1-9(2)14(3,8-15)17-12(18)7-21-10-4-5-16-11(6-10)13(19)20/h4-6,9H,7H2,1-3H3,(H,17,18)(H,19,20). The molecular weight excluding hydrogens is 290 g/mol. The summed E-state index contributed by atoms with van der Waals surface area (Å²) in [7, 11) is 0. The van der Waals surface area contributed by atoms with Gasteiger partial charge in [0.2, 0.25) is 5.91 Å². The van der Waals surface area contributed by atoms with E-state index in [4.69, 9.17) is 10.4 Å². The summed E-state index contributed by atoms with van der Waals surface area (Å²) in [6, 6.07) is 5.15. The molecule has 0 saturated heterocycles. The number of carboxylic acids is 1. The maximum atomic E-state index is 11.9. The zero-order valence-electron chi connectivity index (χ0n) is 12.1. The maximum absolute atomic E-state index is 11.9. The summed E-state index contributed by atoms with van der Waals surface area (Å²) >= 11 is 1.20. The van der Waals surface area contributed by atoms with Gasteiger partial charge in [0.15, 0.2) is 0 Å². The summed E-state index contributed by atoms with van der Waals surface area (Å²) < 4.78 is 0. The van der Waals surface area contributed by atoms with E-state index in [0.717, 1.165) is 0 Å². The first-order chi connectivity index (χ1) is 9.78. The van der Waals surface area contributed by atoms with Gasteiger partial charge in [0.25, 0.3) is 0 Å². The lowest BCUT2D eigenvalue weighted by Gasteiger charge is -2.27. The van der Waals surface area contributed by atoms with E-state index in [1.54, 1.807) is 13.0 Å². The highest BCUT2D eigenvalue weighted by Gasteiger charge is 2.29. The number of pyridine rings is 1. The van der Waals surface area contributed by atoms with Crippen molar-refractivity contribution in [2.75, 3.05) is 5.75 Å². The zero-order valence-corrected chi connectivity index (χ0v) is 12.9. The summed E-state index contributed by atoms with van der Waals surface area (Å²) in [5.41, 5.74) is -0.980. The van der Waals surface area contributed by atoms with Crippen LogP contribution in [0.1, 0.15) is 31.3 Å². The van der Waals surface area contributed by atoms with Crippen LogP contribution in [0.4, 0.5) is 0 Å². The first-order valence-electron chi connectivity index (χ1n) is 6.33. The average Bonchev–Trinajstić information content (AvgIpc) is 2.45. The van der Waals surface area contributed by atoms with E-state index < -0.39 is 11.5 Å². The molecule has 0 aromatic carbocycles. The van der Waals surface area contributed by atoms with Crippen molar-refractivity contribution in [1.29, 1.82) is 5.26 Å². The van der Waals surface area contributed by atoms with Crippen LogP contribution in [-0.4, -0.2) is 33.3 Å². The lowest BCUT2D eigenvalue weighted by atomic mass is 9.90. The summed E-state index contributed by atoms with van der Waals surface area (Å²) in [4.78, 5) is 27.0. The second kappa shape index (κ2) is 7.09. The molecule has 0 spiro atoms. The second-order valence-corrected chi connectivity index (χ2v) is 6.04. The number of carbonyl (C=O) groups excluding carboxylic acids is 1. The minimum atomic E-state index is -1.11. The van der Waals surface area contributed by atoms with Gasteiger partial charge in [-0.05, 0) is 25.0 Å². The molecule has 1 rings (SSSR count). The molecule has 1 amide bonds. The third kappa shape index (κ3) is 4.76. The monoisotopic (exact) mass is 307 g/mol. The molecule has 0 aliphatic carbocycles. The van der Waals surface area contributed by atoms with E-state index >= 15 is 0 Å². The van der Waals surface area contributed by atoms with Gasteiger partial charge < -0.3 is 10.4 Å². The van der Waals surface area contributed by atoms with Gasteiger partial charge in [0.1, 0.15) is 11.2 Å². The predicted octanol–water partition coefficient (Wildman–Crippen LogP) is 1.93. The van der Waals surface area contributed by atoms with E-state index in [2.05, 4.69) is 16.4 Å². The van der Waals surface area contributed by atoms with Crippen molar-refractivity contribution in [3.05, 3.63) is 24.0 Å². The minimum Gasteiger partial charge on any atom is -0.477 e. The SMILES string of the molecule is CC(C)C(C)(C#N)NC(=O)CSc1ccnc(C(=O)O)c1. The minimum absolute atomic E-state index is 0.0176. The number of nitrogens with zero attached hydrogens (tertiary/aromatic N) is 2. The summed E-state index contributed by atoms with van der Waals surface area (Å²) in [6.07, 6.45) is 1.39. The average molecular weight is 307 g/mol. The number of aromatic carboxylic acids is 1. The summed E-state index contributed by atoms with van der Waals surface area (Å²) in [5.74, 6) is -1.30. The molecule has 1 atom stereocenters. The third-order valence-electron chi connectivity index (χ3n) is 3.11. The Bertz CT molecular complexity index is 583. The lowest BCUT2D eigenvalue weighted by molar-refractivity contribution is -0.120. The van der Waals surface area contributed by atoms with Crippen LogP contribution in [0.15, 0.2) is 23.2 Å². The quantitative estimate of drug-likeness (QED) is 0.778. The smallest absolute Gasteiger partial charge is 0.354 e. The Kier molecular flexibility index (Phi) is 5.73. The first kappa shape index (κ1) is 17.0. The Morgan fingerprint density at radius 3 is 2.76 bits per heavy atom. The van der Waals surface area contributed by atoms with E-state index in [1.165, 1.54) is 24.0 Å². The van der Waals surface area contributed by atoms with Gasteiger partial charge in [-0.2, -0.15) is 5.26 Å². The number of amides is 1. The number of thioether (sulfide) groups is 1. The molecule has 21 heavy (non-hydrogen) atoms. The van der Waals surface area contributed by atoms with Gasteiger partial charge >= 0.3 is 5.97 Å². The van der Waals surface area contributed by atoms with Gasteiger partial charge in [-0.25, -0.2) is 9.78 Å². The fourth-order valence-corrected chi connectivity index (χ4v) is 2.12. The molecule has 0 saturated carbocycles. The molecule has 0 radical (unpaired) electrons. The topological polar surface area (TPSA) is 103 Å². The van der Waals surface area contributed by atoms with Gasteiger partial charge in [-0.1, -0.05) is 13.8 Å². The van der Waals surface area contributed by atoms with Gasteiger partial charge in [-0.3, -0.25) is 4.79 Å². The molecule has 0 bridgehead atoms. The van der Waals surface area contributed by atoms with Crippen LogP contribution in [0, 0.1) is 17.2 Å². The fraction of sp³-hybridized carbons (Fsp3) is 0.429. The molecule has 1 heterocycles. The number of hydrogen-bond donors (Lipinski definition) is 2. The zero-order chi connectivity index (χ0) is 16.0. The van der Waals surface area contributed by atoms with E-state index in [-0.39, 0.29) is 23.3 Å². The van der Waals surface area contributed by atoms with Crippen molar-refractivity contribution >= 4 is 23.6 Å². The Balaban J connectivity index is 2.64. The highest BCUT2D eigenvalue weighted by molar-refractivity contribution is 8.00. The van der Waals surface area contributed by atoms with Crippen LogP contribution >= 0.6 is 11.8 Å². The molecule has 112 valence electrons. The van der Waals surface area contributed by atoms with Crippen molar-refractivity contribution in [1.82, 2.24) is 10.3 Å². The number of carboxylic acid groups (broad SMARTS) is 1. The molecule has 6 nitrogen and oxygen atoms in total. The van der Waals surface area contributed by atoms with Crippen molar-refractivity contribution in [2.45, 2.75) is 31.2 Å². The number of nitrogens with one attached hydrogen (secondary N) is 1. The molecule has 1 unspecified atom stereocenters. The number of nitriles is 1. The normalized spacial score (nSPS) is 13.3. The molecule has 0 aliphatic rings. The molecule has 0 fully saturated rings. The Morgan fingerprint density at radius 2 is 2.24 bits per heavy atom. The number of hydrogen-bond acceptors (Lipinski definition) is 5. The largest absolute Gasteiger partial charge is 0.477 e. The number of rotatable bonds is 6. The van der Waals surface area contributed by atoms with Crippen molar-refractivity contribution in [3.63, 3.8) is 0 Å². The van der Waals surface area contributed by atoms with Crippen LogP contribution in [0.3, 0.4) is 0 Å². The molecule has 1 aromatic rings. The third-order valence-corrected chi connectivity index (χ3v) is 4.10. The molecule has 0 aliphatic heterocycles. The van der Waals surface area contributed by atoms with E-state index in [1.807, 2.05) is 13.8 Å². The van der Waals surface area contributed by atoms with Crippen LogP contribution in [-0.2, 0) is 4.79 Å². The Hall–Kier alpha value is -2.07. The Morgan fingerprint density at radius 1 is 1.57 bits per heavy atom. The molecule has 7 heteroatoms.